The molecule has 1 heterocycles. The number of ether oxygens (including phenoxy) is 1. The number of likely N-dealkylation sites (tertiary alicyclic amines) is 1. The van der Waals surface area contributed by atoms with Crippen molar-refractivity contribution in [3.8, 4) is 0 Å². The molecule has 1 amide bonds. The third-order valence-electron chi connectivity index (χ3n) is 5.48. The molecule has 1 N–H and O–H groups in total. The molecule has 2 rings (SSSR count). The number of methoxy groups -OCH3 is 1. The maximum absolute atomic E-state index is 12.7. The van der Waals surface area contributed by atoms with Gasteiger partial charge in [0.05, 0.1) is 5.60 Å². The molecule has 4 nitrogen and oxygen atoms in total. The van der Waals surface area contributed by atoms with Gasteiger partial charge in [-0.2, -0.15) is 0 Å². The maximum atomic E-state index is 12.7. The fourth-order valence-electron chi connectivity index (χ4n) is 3.80. The van der Waals surface area contributed by atoms with Crippen LogP contribution < -0.4 is 0 Å². The average molecular weight is 297 g/mol. The van der Waals surface area contributed by atoms with E-state index < -0.39 is 5.60 Å². The van der Waals surface area contributed by atoms with Crippen molar-refractivity contribution in [2.45, 2.75) is 63.9 Å². The Morgan fingerprint density at radius 3 is 2.52 bits per heavy atom. The molecule has 2 atom stereocenters. The zero-order chi connectivity index (χ0) is 15.3. The predicted octanol–water partition coefficient (Wildman–Crippen LogP) is 2.59. The van der Waals surface area contributed by atoms with E-state index in [2.05, 4.69) is 6.92 Å². The van der Waals surface area contributed by atoms with Crippen LogP contribution in [0.25, 0.3) is 0 Å². The van der Waals surface area contributed by atoms with Crippen LogP contribution in [0.5, 0.6) is 0 Å². The minimum Gasteiger partial charge on any atom is -0.389 e. The summed E-state index contributed by atoms with van der Waals surface area (Å²) in [6.45, 7) is 4.02. The van der Waals surface area contributed by atoms with Gasteiger partial charge in [0.25, 0.3) is 0 Å². The highest BCUT2D eigenvalue weighted by atomic mass is 16.5. The summed E-state index contributed by atoms with van der Waals surface area (Å²) in [5.74, 6) is 0.679. The lowest BCUT2D eigenvalue weighted by Gasteiger charge is -2.44. The number of amides is 1. The lowest BCUT2D eigenvalue weighted by Crippen LogP contribution is -2.54. The standard InChI is InChI=1S/C17H31NO3/c1-14-13-18(11-9-17(14,20)10-12-21-2)16(19)15-7-5-3-4-6-8-15/h14-15,20H,3-13H2,1-2H3/t14-,17-/m1/s1. The first-order chi connectivity index (χ1) is 10.1. The Bertz CT molecular complexity index is 339. The van der Waals surface area contributed by atoms with Crippen LogP contribution in [0.3, 0.4) is 0 Å². The van der Waals surface area contributed by atoms with Crippen LogP contribution in [0, 0.1) is 11.8 Å². The Hall–Kier alpha value is -0.610. The topological polar surface area (TPSA) is 49.8 Å². The van der Waals surface area contributed by atoms with Gasteiger partial charge < -0.3 is 14.7 Å². The highest BCUT2D eigenvalue weighted by Gasteiger charge is 2.40. The van der Waals surface area contributed by atoms with E-state index in [1.165, 1.54) is 25.7 Å². The molecule has 122 valence electrons. The Labute approximate surface area is 128 Å². The predicted molar refractivity (Wildman–Crippen MR) is 83.0 cm³/mol. The van der Waals surface area contributed by atoms with Crippen molar-refractivity contribution in [3.05, 3.63) is 0 Å². The van der Waals surface area contributed by atoms with Gasteiger partial charge in [0.15, 0.2) is 0 Å². The summed E-state index contributed by atoms with van der Waals surface area (Å²) in [5, 5.41) is 10.7. The van der Waals surface area contributed by atoms with Crippen molar-refractivity contribution in [1.29, 1.82) is 0 Å². The molecular formula is C17H31NO3. The number of carbonyl (C=O) groups excluding carboxylic acids is 1. The molecule has 0 aromatic rings. The second-order valence-corrected chi connectivity index (χ2v) is 6.97. The Morgan fingerprint density at radius 1 is 1.29 bits per heavy atom. The van der Waals surface area contributed by atoms with Crippen LogP contribution in [0.1, 0.15) is 58.3 Å². The maximum Gasteiger partial charge on any atom is 0.225 e. The normalized spacial score (nSPS) is 32.0. The van der Waals surface area contributed by atoms with Crippen molar-refractivity contribution >= 4 is 5.91 Å². The number of carbonyl (C=O) groups is 1. The van der Waals surface area contributed by atoms with E-state index in [0.29, 0.717) is 38.4 Å². The van der Waals surface area contributed by atoms with E-state index in [9.17, 15) is 9.90 Å². The molecule has 0 radical (unpaired) electrons. The van der Waals surface area contributed by atoms with E-state index in [1.54, 1.807) is 7.11 Å². The van der Waals surface area contributed by atoms with Crippen molar-refractivity contribution < 1.29 is 14.6 Å². The summed E-state index contributed by atoms with van der Waals surface area (Å²) in [7, 11) is 1.67. The molecule has 1 aliphatic carbocycles. The Morgan fingerprint density at radius 2 is 1.95 bits per heavy atom. The average Bonchev–Trinajstić information content (AvgIpc) is 2.76. The van der Waals surface area contributed by atoms with E-state index in [4.69, 9.17) is 4.74 Å². The van der Waals surface area contributed by atoms with E-state index in [1.807, 2.05) is 4.90 Å². The van der Waals surface area contributed by atoms with Crippen molar-refractivity contribution in [2.75, 3.05) is 26.8 Å². The highest BCUT2D eigenvalue weighted by molar-refractivity contribution is 5.79. The number of nitrogens with zero attached hydrogens (tertiary/aromatic N) is 1. The van der Waals surface area contributed by atoms with Crippen LogP contribution >= 0.6 is 0 Å². The third-order valence-corrected chi connectivity index (χ3v) is 5.48. The highest BCUT2D eigenvalue weighted by Crippen LogP contribution is 2.33. The minimum absolute atomic E-state index is 0.121. The van der Waals surface area contributed by atoms with Crippen LogP contribution in [0.2, 0.25) is 0 Å². The van der Waals surface area contributed by atoms with Gasteiger partial charge in [-0.15, -0.1) is 0 Å². The summed E-state index contributed by atoms with van der Waals surface area (Å²) in [6, 6.07) is 0. The Kier molecular flexibility index (Phi) is 6.06. The molecule has 0 bridgehead atoms. The van der Waals surface area contributed by atoms with Crippen molar-refractivity contribution in [1.82, 2.24) is 4.90 Å². The van der Waals surface area contributed by atoms with E-state index >= 15 is 0 Å². The first kappa shape index (κ1) is 16.8. The van der Waals surface area contributed by atoms with Crippen molar-refractivity contribution in [2.24, 2.45) is 11.8 Å². The number of hydrogen-bond acceptors (Lipinski definition) is 3. The fourth-order valence-corrected chi connectivity index (χ4v) is 3.80. The SMILES string of the molecule is COCC[C@]1(O)CCN(C(=O)C2CCCCCC2)C[C@H]1C. The lowest BCUT2D eigenvalue weighted by molar-refractivity contribution is -0.145. The molecule has 0 aromatic heterocycles. The molecule has 2 fully saturated rings. The molecule has 0 spiro atoms. The molecular weight excluding hydrogens is 266 g/mol. The molecule has 21 heavy (non-hydrogen) atoms. The molecule has 4 heteroatoms. The van der Waals surface area contributed by atoms with E-state index in [-0.39, 0.29) is 11.8 Å². The Balaban J connectivity index is 1.90. The summed E-state index contributed by atoms with van der Waals surface area (Å²) in [6.07, 6.45) is 8.38. The summed E-state index contributed by atoms with van der Waals surface area (Å²) in [5.41, 5.74) is -0.670. The monoisotopic (exact) mass is 297 g/mol. The van der Waals surface area contributed by atoms with Gasteiger partial charge in [0.2, 0.25) is 5.91 Å². The first-order valence-corrected chi connectivity index (χ1v) is 8.57. The largest absolute Gasteiger partial charge is 0.389 e. The molecule has 0 aromatic carbocycles. The molecule has 1 saturated heterocycles. The number of aliphatic hydroxyl groups is 1. The summed E-state index contributed by atoms with van der Waals surface area (Å²) in [4.78, 5) is 14.7. The molecule has 1 saturated carbocycles. The minimum atomic E-state index is -0.670. The summed E-state index contributed by atoms with van der Waals surface area (Å²) < 4.78 is 5.10. The smallest absolute Gasteiger partial charge is 0.225 e. The number of rotatable bonds is 4. The number of hydrogen-bond donors (Lipinski definition) is 1. The fraction of sp³-hybridized carbons (Fsp3) is 0.941. The van der Waals surface area contributed by atoms with Crippen LogP contribution in [0.15, 0.2) is 0 Å². The van der Waals surface area contributed by atoms with Gasteiger partial charge >= 0.3 is 0 Å². The van der Waals surface area contributed by atoms with Gasteiger partial charge in [0, 0.05) is 38.6 Å². The lowest BCUT2D eigenvalue weighted by atomic mass is 9.79. The van der Waals surface area contributed by atoms with Gasteiger partial charge in [0.1, 0.15) is 0 Å². The molecule has 1 aliphatic heterocycles. The zero-order valence-corrected chi connectivity index (χ0v) is 13.6. The van der Waals surface area contributed by atoms with Gasteiger partial charge in [-0.25, -0.2) is 0 Å². The van der Waals surface area contributed by atoms with Crippen LogP contribution in [-0.2, 0) is 9.53 Å². The zero-order valence-electron chi connectivity index (χ0n) is 13.6. The quantitative estimate of drug-likeness (QED) is 0.811. The first-order valence-electron chi connectivity index (χ1n) is 8.57. The summed E-state index contributed by atoms with van der Waals surface area (Å²) >= 11 is 0. The number of piperidine rings is 1. The molecule has 0 unspecified atom stereocenters. The van der Waals surface area contributed by atoms with Gasteiger partial charge in [-0.1, -0.05) is 32.6 Å². The third kappa shape index (κ3) is 4.19. The van der Waals surface area contributed by atoms with Gasteiger partial charge in [-0.3, -0.25) is 4.79 Å². The van der Waals surface area contributed by atoms with Crippen molar-refractivity contribution in [3.63, 3.8) is 0 Å². The van der Waals surface area contributed by atoms with E-state index in [0.717, 1.165) is 12.8 Å². The van der Waals surface area contributed by atoms with Gasteiger partial charge in [-0.05, 0) is 25.7 Å². The molecule has 2 aliphatic rings. The second-order valence-electron chi connectivity index (χ2n) is 6.97. The second kappa shape index (κ2) is 7.59. The van der Waals surface area contributed by atoms with Crippen LogP contribution in [-0.4, -0.2) is 48.3 Å². The van der Waals surface area contributed by atoms with Crippen LogP contribution in [0.4, 0.5) is 0 Å².